The summed E-state index contributed by atoms with van der Waals surface area (Å²) in [4.78, 5) is 19.0. The molecule has 0 spiro atoms. The normalized spacial score (nSPS) is 26.7. The first-order valence-electron chi connectivity index (χ1n) is 11.0. The van der Waals surface area contributed by atoms with Crippen molar-refractivity contribution < 1.29 is 9.69 Å². The molecule has 4 nitrogen and oxygen atoms in total. The lowest BCUT2D eigenvalue weighted by atomic mass is 9.75. The van der Waals surface area contributed by atoms with Crippen molar-refractivity contribution in [2.75, 3.05) is 50.7 Å². The topological polar surface area (TPSA) is 28.0 Å². The lowest BCUT2D eigenvalue weighted by molar-refractivity contribution is -0.892. The molecule has 4 heteroatoms. The van der Waals surface area contributed by atoms with E-state index in [0.717, 1.165) is 51.1 Å². The Morgan fingerprint density at radius 2 is 1.78 bits per heavy atom. The van der Waals surface area contributed by atoms with Crippen molar-refractivity contribution in [2.24, 2.45) is 11.8 Å². The van der Waals surface area contributed by atoms with Gasteiger partial charge in [-0.05, 0) is 55.7 Å². The number of hydrogen-bond donors (Lipinski definition) is 1. The molecule has 1 N–H and O–H groups in total. The molecule has 27 heavy (non-hydrogen) atoms. The Balaban J connectivity index is 1.28. The Morgan fingerprint density at radius 3 is 2.56 bits per heavy atom. The Hall–Kier alpha value is -1.55. The van der Waals surface area contributed by atoms with Crippen LogP contribution in [-0.4, -0.2) is 56.6 Å². The Morgan fingerprint density at radius 1 is 1.04 bits per heavy atom. The first-order valence-corrected chi connectivity index (χ1v) is 11.0. The average molecular weight is 371 g/mol. The molecule has 0 radical (unpaired) electrons. The van der Waals surface area contributed by atoms with Gasteiger partial charge >= 0.3 is 0 Å². The van der Waals surface area contributed by atoms with Crippen LogP contribution in [0.5, 0.6) is 0 Å². The van der Waals surface area contributed by atoms with Gasteiger partial charge in [-0.15, -0.1) is 0 Å². The van der Waals surface area contributed by atoms with E-state index in [0.29, 0.717) is 12.5 Å². The maximum absolute atomic E-state index is 12.9. The summed E-state index contributed by atoms with van der Waals surface area (Å²) < 4.78 is 0. The third-order valence-electron chi connectivity index (χ3n) is 7.43. The first kappa shape index (κ1) is 18.8. The standard InChI is InChI=1S/C23H35N3O/c1-18-6-5-9-22(19(18)2)25-14-12-24(13-15-25)17-23(27)26-11-10-20-7-3-4-8-21(20)16-26/h5-6,9,20-21H,3-4,7-8,10-17H2,1-2H3/p+1/t20-,21-/m0/s1. The van der Waals surface area contributed by atoms with E-state index in [1.54, 1.807) is 0 Å². The quantitative estimate of drug-likeness (QED) is 0.882. The van der Waals surface area contributed by atoms with Crippen LogP contribution >= 0.6 is 0 Å². The zero-order valence-electron chi connectivity index (χ0n) is 17.2. The summed E-state index contributed by atoms with van der Waals surface area (Å²) in [6.07, 6.45) is 6.76. The van der Waals surface area contributed by atoms with Gasteiger partial charge in [0.05, 0.1) is 26.2 Å². The molecule has 2 aliphatic heterocycles. The molecular weight excluding hydrogens is 334 g/mol. The van der Waals surface area contributed by atoms with Gasteiger partial charge in [0.25, 0.3) is 5.91 Å². The molecule has 4 rings (SSSR count). The van der Waals surface area contributed by atoms with Gasteiger partial charge in [0, 0.05) is 18.8 Å². The number of piperidine rings is 1. The summed E-state index contributed by atoms with van der Waals surface area (Å²) in [7, 11) is 0. The second-order valence-corrected chi connectivity index (χ2v) is 9.07. The number of carbonyl (C=O) groups excluding carboxylic acids is 1. The smallest absolute Gasteiger partial charge is 0.277 e. The molecule has 148 valence electrons. The molecule has 3 aliphatic rings. The van der Waals surface area contributed by atoms with Crippen molar-refractivity contribution in [3.05, 3.63) is 29.3 Å². The van der Waals surface area contributed by atoms with E-state index in [2.05, 4.69) is 41.8 Å². The van der Waals surface area contributed by atoms with Crippen LogP contribution in [-0.2, 0) is 4.79 Å². The minimum absolute atomic E-state index is 0.397. The SMILES string of the molecule is Cc1cccc(N2CC[NH+](CC(=O)N3CC[C@@H]4CCCC[C@H]4C3)CC2)c1C. The van der Waals surface area contributed by atoms with E-state index < -0.39 is 0 Å². The Labute approximate surface area is 164 Å². The van der Waals surface area contributed by atoms with E-state index in [1.807, 2.05) is 0 Å². The van der Waals surface area contributed by atoms with Gasteiger partial charge in [0.2, 0.25) is 0 Å². The first-order chi connectivity index (χ1) is 13.1. The highest BCUT2D eigenvalue weighted by molar-refractivity contribution is 5.77. The Bertz CT molecular complexity index is 666. The number of likely N-dealkylation sites (tertiary alicyclic amines) is 1. The van der Waals surface area contributed by atoms with Crippen LogP contribution < -0.4 is 9.80 Å². The minimum atomic E-state index is 0.397. The zero-order valence-corrected chi connectivity index (χ0v) is 17.2. The monoisotopic (exact) mass is 370 g/mol. The third kappa shape index (κ3) is 4.16. The molecule has 0 aromatic heterocycles. The molecule has 2 saturated heterocycles. The highest BCUT2D eigenvalue weighted by atomic mass is 16.2. The number of piperazine rings is 1. The third-order valence-corrected chi connectivity index (χ3v) is 7.43. The molecule has 0 unspecified atom stereocenters. The fraction of sp³-hybridized carbons (Fsp3) is 0.696. The number of benzene rings is 1. The maximum Gasteiger partial charge on any atom is 0.277 e. The number of carbonyl (C=O) groups is 1. The van der Waals surface area contributed by atoms with Crippen molar-refractivity contribution in [1.29, 1.82) is 0 Å². The van der Waals surface area contributed by atoms with Gasteiger partial charge in [-0.3, -0.25) is 4.79 Å². The summed E-state index contributed by atoms with van der Waals surface area (Å²) in [6, 6.07) is 6.59. The number of fused-ring (bicyclic) bond motifs is 1. The second kappa shape index (κ2) is 8.22. The maximum atomic E-state index is 12.9. The number of nitrogens with one attached hydrogen (secondary N) is 1. The molecule has 1 saturated carbocycles. The molecule has 1 aromatic carbocycles. The van der Waals surface area contributed by atoms with E-state index in [1.165, 1.54) is 53.8 Å². The highest BCUT2D eigenvalue weighted by Gasteiger charge is 2.34. The van der Waals surface area contributed by atoms with Crippen LogP contribution in [0.3, 0.4) is 0 Å². The lowest BCUT2D eigenvalue weighted by Gasteiger charge is -2.42. The number of amides is 1. The van der Waals surface area contributed by atoms with Gasteiger partial charge in [0.15, 0.2) is 6.54 Å². The highest BCUT2D eigenvalue weighted by Crippen LogP contribution is 2.35. The van der Waals surface area contributed by atoms with Crippen LogP contribution in [0.1, 0.15) is 43.2 Å². The fourth-order valence-corrected chi connectivity index (χ4v) is 5.47. The summed E-state index contributed by atoms with van der Waals surface area (Å²) in [5.74, 6) is 2.08. The number of rotatable bonds is 3. The van der Waals surface area contributed by atoms with Gasteiger partial charge in [-0.25, -0.2) is 0 Å². The molecule has 1 aromatic rings. The van der Waals surface area contributed by atoms with E-state index in [4.69, 9.17) is 0 Å². The van der Waals surface area contributed by atoms with Crippen LogP contribution in [0.4, 0.5) is 5.69 Å². The van der Waals surface area contributed by atoms with Crippen molar-refractivity contribution in [1.82, 2.24) is 4.90 Å². The number of nitrogens with zero attached hydrogens (tertiary/aromatic N) is 2. The summed E-state index contributed by atoms with van der Waals surface area (Å²) in [6.45, 7) is 11.4. The molecule has 1 aliphatic carbocycles. The van der Waals surface area contributed by atoms with Crippen molar-refractivity contribution >= 4 is 11.6 Å². The second-order valence-electron chi connectivity index (χ2n) is 9.07. The number of anilines is 1. The largest absolute Gasteiger partial charge is 0.360 e. The van der Waals surface area contributed by atoms with Gasteiger partial charge < -0.3 is 14.7 Å². The average Bonchev–Trinajstić information content (AvgIpc) is 2.70. The van der Waals surface area contributed by atoms with Crippen molar-refractivity contribution in [3.63, 3.8) is 0 Å². The number of hydrogen-bond acceptors (Lipinski definition) is 2. The van der Waals surface area contributed by atoms with E-state index in [9.17, 15) is 4.79 Å². The predicted molar refractivity (Wildman–Crippen MR) is 110 cm³/mol. The zero-order chi connectivity index (χ0) is 18.8. The molecule has 3 fully saturated rings. The molecule has 1 amide bonds. The number of aryl methyl sites for hydroxylation is 1. The lowest BCUT2D eigenvalue weighted by Crippen LogP contribution is -3.16. The van der Waals surface area contributed by atoms with Crippen LogP contribution in [0.2, 0.25) is 0 Å². The molecule has 2 heterocycles. The van der Waals surface area contributed by atoms with Gasteiger partial charge in [-0.2, -0.15) is 0 Å². The molecular formula is C23H36N3O+. The van der Waals surface area contributed by atoms with Crippen LogP contribution in [0, 0.1) is 25.7 Å². The Kier molecular flexibility index (Phi) is 5.72. The van der Waals surface area contributed by atoms with Crippen molar-refractivity contribution in [3.8, 4) is 0 Å². The van der Waals surface area contributed by atoms with E-state index >= 15 is 0 Å². The summed E-state index contributed by atoms with van der Waals surface area (Å²) in [5.41, 5.74) is 4.13. The molecule has 2 atom stereocenters. The predicted octanol–water partition coefficient (Wildman–Crippen LogP) is 2.05. The van der Waals surface area contributed by atoms with Crippen LogP contribution in [0.25, 0.3) is 0 Å². The van der Waals surface area contributed by atoms with E-state index in [-0.39, 0.29) is 0 Å². The minimum Gasteiger partial charge on any atom is -0.360 e. The number of quaternary nitrogens is 1. The van der Waals surface area contributed by atoms with Gasteiger partial charge in [-0.1, -0.05) is 31.4 Å². The summed E-state index contributed by atoms with van der Waals surface area (Å²) >= 11 is 0. The fourth-order valence-electron chi connectivity index (χ4n) is 5.47. The van der Waals surface area contributed by atoms with Gasteiger partial charge in [0.1, 0.15) is 0 Å². The van der Waals surface area contributed by atoms with Crippen LogP contribution in [0.15, 0.2) is 18.2 Å². The summed E-state index contributed by atoms with van der Waals surface area (Å²) in [5, 5.41) is 0. The van der Waals surface area contributed by atoms with Crippen molar-refractivity contribution in [2.45, 2.75) is 46.0 Å². The molecule has 0 bridgehead atoms.